The Hall–Kier alpha value is -0.730. The van der Waals surface area contributed by atoms with Crippen molar-refractivity contribution in [1.82, 2.24) is 14.3 Å². The first kappa shape index (κ1) is 14.3. The highest BCUT2D eigenvalue weighted by atomic mass is 32.2. The van der Waals surface area contributed by atoms with Gasteiger partial charge in [-0.05, 0) is 12.7 Å². The molecular weight excluding hydrogens is 260 g/mol. The van der Waals surface area contributed by atoms with Crippen molar-refractivity contribution in [2.24, 2.45) is 7.05 Å². The van der Waals surface area contributed by atoms with Gasteiger partial charge < -0.3 is 10.3 Å². The van der Waals surface area contributed by atoms with Crippen molar-refractivity contribution in [3.8, 4) is 0 Å². The molecule has 1 aromatic rings. The molecule has 0 aliphatic heterocycles. The van der Waals surface area contributed by atoms with Crippen molar-refractivity contribution in [3.05, 3.63) is 6.33 Å². The van der Waals surface area contributed by atoms with Gasteiger partial charge in [-0.25, -0.2) is 18.1 Å². The van der Waals surface area contributed by atoms with Crippen LogP contribution in [0.15, 0.2) is 11.4 Å². The Labute approximate surface area is 106 Å². The first-order valence-electron chi connectivity index (χ1n) is 5.20. The third kappa shape index (κ3) is 3.36. The molecule has 3 N–H and O–H groups in total. The monoisotopic (exact) mass is 278 g/mol. The molecule has 0 aliphatic rings. The number of thioether (sulfide) groups is 1. The summed E-state index contributed by atoms with van der Waals surface area (Å²) in [6.45, 7) is 1.94. The molecule has 0 aliphatic carbocycles. The van der Waals surface area contributed by atoms with Crippen LogP contribution >= 0.6 is 11.8 Å². The summed E-state index contributed by atoms with van der Waals surface area (Å²) in [5.74, 6) is 0.757. The Balaban J connectivity index is 2.96. The molecule has 6 nitrogen and oxygen atoms in total. The quantitative estimate of drug-likeness (QED) is 0.787. The molecule has 1 aromatic heterocycles. The Morgan fingerprint density at radius 3 is 2.71 bits per heavy atom. The number of hydrogen-bond donors (Lipinski definition) is 2. The normalized spacial score (nSPS) is 13.8. The molecule has 0 bridgehead atoms. The third-order valence-corrected chi connectivity index (χ3v) is 4.73. The van der Waals surface area contributed by atoms with Crippen molar-refractivity contribution < 1.29 is 8.42 Å². The molecule has 98 valence electrons. The fourth-order valence-corrected chi connectivity index (χ4v) is 3.86. The highest BCUT2D eigenvalue weighted by molar-refractivity contribution is 7.98. The highest BCUT2D eigenvalue weighted by Gasteiger charge is 2.24. The number of aryl methyl sites for hydroxylation is 1. The lowest BCUT2D eigenvalue weighted by Crippen LogP contribution is -2.37. The van der Waals surface area contributed by atoms with Crippen molar-refractivity contribution in [2.75, 3.05) is 17.7 Å². The van der Waals surface area contributed by atoms with Crippen LogP contribution in [0.5, 0.6) is 0 Å². The number of nitrogen functional groups attached to an aromatic ring is 1. The Kier molecular flexibility index (Phi) is 4.84. The van der Waals surface area contributed by atoms with Gasteiger partial charge >= 0.3 is 0 Å². The maximum atomic E-state index is 12.1. The fraction of sp³-hybridized carbons (Fsp3) is 0.667. The second-order valence-electron chi connectivity index (χ2n) is 3.73. The van der Waals surface area contributed by atoms with Crippen molar-refractivity contribution >= 4 is 27.6 Å². The SMILES string of the molecule is CCC(CSC)NS(=O)(=O)c1c(N)ncn1C. The third-order valence-electron chi connectivity index (χ3n) is 2.35. The summed E-state index contributed by atoms with van der Waals surface area (Å²) in [4.78, 5) is 3.78. The zero-order chi connectivity index (χ0) is 13.1. The standard InChI is InChI=1S/C9H18N4O2S2/c1-4-7(5-16-3)12-17(14,15)9-8(10)11-6-13(9)2/h6-7,12H,4-5,10H2,1-3H3. The van der Waals surface area contributed by atoms with Crippen molar-refractivity contribution in [2.45, 2.75) is 24.4 Å². The van der Waals surface area contributed by atoms with E-state index in [4.69, 9.17) is 5.73 Å². The van der Waals surface area contributed by atoms with E-state index in [1.54, 1.807) is 18.8 Å². The summed E-state index contributed by atoms with van der Waals surface area (Å²) >= 11 is 1.60. The summed E-state index contributed by atoms with van der Waals surface area (Å²) in [7, 11) is -2.00. The Morgan fingerprint density at radius 1 is 1.65 bits per heavy atom. The molecule has 0 spiro atoms. The van der Waals surface area contributed by atoms with Gasteiger partial charge in [0, 0.05) is 18.8 Å². The Bertz CT molecular complexity index is 450. The van der Waals surface area contributed by atoms with E-state index in [1.807, 2.05) is 13.2 Å². The van der Waals surface area contributed by atoms with Gasteiger partial charge in [0.2, 0.25) is 0 Å². The number of nitrogens with zero attached hydrogens (tertiary/aromatic N) is 2. The molecule has 17 heavy (non-hydrogen) atoms. The van der Waals surface area contributed by atoms with Crippen LogP contribution in [0.1, 0.15) is 13.3 Å². The molecule has 8 heteroatoms. The van der Waals surface area contributed by atoms with E-state index in [2.05, 4.69) is 9.71 Å². The largest absolute Gasteiger partial charge is 0.381 e. The minimum Gasteiger partial charge on any atom is -0.381 e. The first-order valence-corrected chi connectivity index (χ1v) is 8.08. The number of aromatic nitrogens is 2. The van der Waals surface area contributed by atoms with Crippen LogP contribution in [-0.2, 0) is 17.1 Å². The second kappa shape index (κ2) is 5.74. The number of nitrogens with one attached hydrogen (secondary N) is 1. The molecule has 1 unspecified atom stereocenters. The summed E-state index contributed by atoms with van der Waals surface area (Å²) in [5, 5.41) is 0.0250. The number of hydrogen-bond acceptors (Lipinski definition) is 5. The average Bonchev–Trinajstić information content (AvgIpc) is 2.58. The zero-order valence-electron chi connectivity index (χ0n) is 10.2. The summed E-state index contributed by atoms with van der Waals surface area (Å²) in [6, 6.07) is -0.0932. The van der Waals surface area contributed by atoms with Gasteiger partial charge in [0.05, 0.1) is 6.33 Å². The van der Waals surface area contributed by atoms with E-state index < -0.39 is 10.0 Å². The lowest BCUT2D eigenvalue weighted by atomic mass is 10.3. The lowest BCUT2D eigenvalue weighted by molar-refractivity contribution is 0.550. The van der Waals surface area contributed by atoms with Crippen LogP contribution < -0.4 is 10.5 Å². The van der Waals surface area contributed by atoms with Gasteiger partial charge in [-0.3, -0.25) is 0 Å². The molecule has 1 atom stereocenters. The van der Waals surface area contributed by atoms with Gasteiger partial charge in [-0.2, -0.15) is 11.8 Å². The van der Waals surface area contributed by atoms with Crippen LogP contribution in [0.25, 0.3) is 0 Å². The molecule has 0 saturated heterocycles. The topological polar surface area (TPSA) is 90.0 Å². The molecule has 0 amide bonds. The van der Waals surface area contributed by atoms with Gasteiger partial charge in [0.25, 0.3) is 10.0 Å². The molecule has 1 heterocycles. The fourth-order valence-electron chi connectivity index (χ4n) is 1.48. The molecule has 0 saturated carbocycles. The maximum absolute atomic E-state index is 12.1. The predicted molar refractivity (Wildman–Crippen MR) is 70.4 cm³/mol. The lowest BCUT2D eigenvalue weighted by Gasteiger charge is -2.16. The van der Waals surface area contributed by atoms with E-state index in [0.717, 1.165) is 12.2 Å². The maximum Gasteiger partial charge on any atom is 0.260 e. The molecule has 0 radical (unpaired) electrons. The number of anilines is 1. The molecule has 0 fully saturated rings. The van der Waals surface area contributed by atoms with Gasteiger partial charge in [-0.1, -0.05) is 6.92 Å². The minimum absolute atomic E-state index is 0.0250. The summed E-state index contributed by atoms with van der Waals surface area (Å²) < 4.78 is 28.3. The highest BCUT2D eigenvalue weighted by Crippen LogP contribution is 2.16. The van der Waals surface area contributed by atoms with Crippen LogP contribution in [0.3, 0.4) is 0 Å². The van der Waals surface area contributed by atoms with Gasteiger partial charge in [0.15, 0.2) is 10.8 Å². The number of imidazole rings is 1. The van der Waals surface area contributed by atoms with Crippen LogP contribution in [-0.4, -0.2) is 36.0 Å². The minimum atomic E-state index is -3.60. The van der Waals surface area contributed by atoms with Gasteiger partial charge in [-0.15, -0.1) is 0 Å². The molecule has 0 aromatic carbocycles. The van der Waals surface area contributed by atoms with Crippen molar-refractivity contribution in [1.29, 1.82) is 0 Å². The summed E-state index contributed by atoms with van der Waals surface area (Å²) in [5.41, 5.74) is 5.56. The molecular formula is C9H18N4O2S2. The zero-order valence-corrected chi connectivity index (χ0v) is 11.8. The van der Waals surface area contributed by atoms with Crippen LogP contribution in [0.2, 0.25) is 0 Å². The smallest absolute Gasteiger partial charge is 0.260 e. The van der Waals surface area contributed by atoms with E-state index in [1.165, 1.54) is 10.9 Å². The average molecular weight is 278 g/mol. The van der Waals surface area contributed by atoms with E-state index in [0.29, 0.717) is 0 Å². The number of nitrogens with two attached hydrogens (primary N) is 1. The second-order valence-corrected chi connectivity index (χ2v) is 6.27. The van der Waals surface area contributed by atoms with Crippen LogP contribution in [0.4, 0.5) is 5.82 Å². The number of rotatable bonds is 6. The summed E-state index contributed by atoms with van der Waals surface area (Å²) in [6.07, 6.45) is 4.06. The number of sulfonamides is 1. The van der Waals surface area contributed by atoms with Crippen molar-refractivity contribution in [3.63, 3.8) is 0 Å². The first-order chi connectivity index (χ1) is 7.92. The van der Waals surface area contributed by atoms with E-state index >= 15 is 0 Å². The predicted octanol–water partition coefficient (Wildman–Crippen LogP) is 0.422. The van der Waals surface area contributed by atoms with Crippen LogP contribution in [0, 0.1) is 0 Å². The van der Waals surface area contributed by atoms with Gasteiger partial charge in [0.1, 0.15) is 0 Å². The van der Waals surface area contributed by atoms with E-state index in [-0.39, 0.29) is 16.9 Å². The van der Waals surface area contributed by atoms with E-state index in [9.17, 15) is 8.42 Å². The molecule has 1 rings (SSSR count). The Morgan fingerprint density at radius 2 is 2.29 bits per heavy atom.